The van der Waals surface area contributed by atoms with E-state index >= 15 is 0 Å². The van der Waals surface area contributed by atoms with Crippen molar-refractivity contribution in [2.45, 2.75) is 53.1 Å². The standard InChI is InChI=1S/C28H37ClN4O2/c1-4-8-27(32-30-18-24-17-25(29)13-14-26(24)35-20-21(2)3)31-28(34)23-11-9-22(10-12-23)19-33-15-6-5-7-16-33/h4,8-14,17,21,30H,5-7,15-16,18-20H2,1-3H3,(H,31,32,34)/b8-4+. The molecular formula is C28H37ClN4O2. The number of carbonyl (C=O) groups is 1. The van der Waals surface area contributed by atoms with Gasteiger partial charge in [0.1, 0.15) is 5.75 Å². The largest absolute Gasteiger partial charge is 0.493 e. The second kappa shape index (κ2) is 13.9. The van der Waals surface area contributed by atoms with E-state index in [-0.39, 0.29) is 5.91 Å². The topological polar surface area (TPSA) is 66.0 Å². The summed E-state index contributed by atoms with van der Waals surface area (Å²) in [4.78, 5) is 15.3. The Labute approximate surface area is 214 Å². The van der Waals surface area contributed by atoms with E-state index in [4.69, 9.17) is 16.3 Å². The number of rotatable bonds is 10. The van der Waals surface area contributed by atoms with Crippen molar-refractivity contribution in [3.05, 3.63) is 76.3 Å². The number of amides is 1. The van der Waals surface area contributed by atoms with Gasteiger partial charge in [-0.3, -0.25) is 9.69 Å². The summed E-state index contributed by atoms with van der Waals surface area (Å²) in [5.41, 5.74) is 5.76. The lowest BCUT2D eigenvalue weighted by Gasteiger charge is -2.26. The minimum Gasteiger partial charge on any atom is -0.493 e. The maximum atomic E-state index is 12.8. The van der Waals surface area contributed by atoms with Crippen LogP contribution in [-0.2, 0) is 13.1 Å². The van der Waals surface area contributed by atoms with Crippen molar-refractivity contribution in [3.8, 4) is 5.75 Å². The quantitative estimate of drug-likeness (QED) is 0.249. The van der Waals surface area contributed by atoms with Crippen molar-refractivity contribution in [1.82, 2.24) is 15.6 Å². The minimum atomic E-state index is -0.197. The van der Waals surface area contributed by atoms with Gasteiger partial charge in [0.2, 0.25) is 0 Å². The Hall–Kier alpha value is -2.83. The predicted octanol–water partition coefficient (Wildman–Crippen LogP) is 5.77. The van der Waals surface area contributed by atoms with Crippen LogP contribution in [0.15, 0.2) is 59.7 Å². The molecule has 0 aliphatic carbocycles. The van der Waals surface area contributed by atoms with E-state index in [1.54, 1.807) is 6.08 Å². The molecule has 0 radical (unpaired) electrons. The Morgan fingerprint density at radius 3 is 2.57 bits per heavy atom. The van der Waals surface area contributed by atoms with Gasteiger partial charge in [-0.1, -0.05) is 50.1 Å². The first-order valence-electron chi connectivity index (χ1n) is 12.4. The third-order valence-electron chi connectivity index (χ3n) is 5.70. The first-order chi connectivity index (χ1) is 16.9. The van der Waals surface area contributed by atoms with Crippen molar-refractivity contribution in [3.63, 3.8) is 0 Å². The molecule has 1 saturated heterocycles. The summed E-state index contributed by atoms with van der Waals surface area (Å²) in [6.45, 7) is 10.4. The highest BCUT2D eigenvalue weighted by molar-refractivity contribution is 6.30. The summed E-state index contributed by atoms with van der Waals surface area (Å²) in [5.74, 6) is 1.42. The van der Waals surface area contributed by atoms with Gasteiger partial charge < -0.3 is 15.5 Å². The average molecular weight is 497 g/mol. The van der Waals surface area contributed by atoms with Crippen molar-refractivity contribution in [1.29, 1.82) is 0 Å². The molecule has 6 nitrogen and oxygen atoms in total. The Morgan fingerprint density at radius 1 is 1.14 bits per heavy atom. The van der Waals surface area contributed by atoms with Crippen LogP contribution in [0.4, 0.5) is 0 Å². The summed E-state index contributed by atoms with van der Waals surface area (Å²) >= 11 is 6.18. The number of ether oxygens (including phenoxy) is 1. The highest BCUT2D eigenvalue weighted by Crippen LogP contribution is 2.23. The number of benzene rings is 2. The first kappa shape index (κ1) is 26.8. The number of hydrazone groups is 1. The maximum Gasteiger partial charge on any atom is 0.256 e. The zero-order valence-corrected chi connectivity index (χ0v) is 21.8. The number of amidine groups is 1. The molecule has 0 atom stereocenters. The van der Waals surface area contributed by atoms with Gasteiger partial charge >= 0.3 is 0 Å². The Kier molecular flexibility index (Phi) is 10.6. The third-order valence-corrected chi connectivity index (χ3v) is 5.94. The number of allylic oxidation sites excluding steroid dienone is 1. The van der Waals surface area contributed by atoms with E-state index in [1.807, 2.05) is 55.5 Å². The van der Waals surface area contributed by atoms with Crippen molar-refractivity contribution in [2.75, 3.05) is 19.7 Å². The molecule has 7 heteroatoms. The number of halogens is 1. The molecule has 1 amide bonds. The molecule has 188 valence electrons. The monoisotopic (exact) mass is 496 g/mol. The Bertz CT molecular complexity index is 1010. The van der Waals surface area contributed by atoms with Gasteiger partial charge in [0.05, 0.1) is 13.2 Å². The molecule has 1 aliphatic rings. The van der Waals surface area contributed by atoms with E-state index < -0.39 is 0 Å². The van der Waals surface area contributed by atoms with Gasteiger partial charge in [0, 0.05) is 22.7 Å². The summed E-state index contributed by atoms with van der Waals surface area (Å²) in [6.07, 6.45) is 7.45. The van der Waals surface area contributed by atoms with E-state index in [1.165, 1.54) is 24.8 Å². The fraction of sp³-hybridized carbons (Fsp3) is 0.429. The zero-order chi connectivity index (χ0) is 25.0. The van der Waals surface area contributed by atoms with Gasteiger partial charge in [-0.25, -0.2) is 0 Å². The zero-order valence-electron chi connectivity index (χ0n) is 21.0. The van der Waals surface area contributed by atoms with Crippen LogP contribution in [0.3, 0.4) is 0 Å². The van der Waals surface area contributed by atoms with Crippen LogP contribution < -0.4 is 15.5 Å². The minimum absolute atomic E-state index is 0.197. The summed E-state index contributed by atoms with van der Waals surface area (Å²) in [6, 6.07) is 13.4. The lowest BCUT2D eigenvalue weighted by atomic mass is 10.1. The first-order valence-corrected chi connectivity index (χ1v) is 12.8. The SMILES string of the molecule is C/C=C/C(=N\NCc1cc(Cl)ccc1OCC(C)C)NC(=O)c1ccc(CN2CCCCC2)cc1. The molecule has 0 bridgehead atoms. The van der Waals surface area contributed by atoms with Crippen LogP contribution in [0, 0.1) is 5.92 Å². The maximum absolute atomic E-state index is 12.8. The second-order valence-electron chi connectivity index (χ2n) is 9.28. The number of hydrogen-bond acceptors (Lipinski definition) is 5. The van der Waals surface area contributed by atoms with Gasteiger partial charge in [-0.2, -0.15) is 5.10 Å². The molecule has 0 spiro atoms. The number of nitrogens with one attached hydrogen (secondary N) is 2. The van der Waals surface area contributed by atoms with Crippen LogP contribution >= 0.6 is 11.6 Å². The fourth-order valence-electron chi connectivity index (χ4n) is 3.88. The second-order valence-corrected chi connectivity index (χ2v) is 9.71. The van der Waals surface area contributed by atoms with Crippen molar-refractivity contribution >= 4 is 23.3 Å². The van der Waals surface area contributed by atoms with Crippen molar-refractivity contribution in [2.24, 2.45) is 11.0 Å². The molecule has 1 heterocycles. The van der Waals surface area contributed by atoms with Crippen molar-refractivity contribution < 1.29 is 9.53 Å². The van der Waals surface area contributed by atoms with E-state index in [0.29, 0.717) is 35.5 Å². The van der Waals surface area contributed by atoms with Crippen LogP contribution in [0.1, 0.15) is 61.5 Å². The van der Waals surface area contributed by atoms with E-state index in [9.17, 15) is 4.79 Å². The molecule has 2 aromatic rings. The summed E-state index contributed by atoms with van der Waals surface area (Å²) in [7, 11) is 0. The van der Waals surface area contributed by atoms with Gasteiger partial charge in [0.25, 0.3) is 5.91 Å². The molecule has 35 heavy (non-hydrogen) atoms. The van der Waals surface area contributed by atoms with Crippen LogP contribution in [0.25, 0.3) is 0 Å². The number of likely N-dealkylation sites (tertiary alicyclic amines) is 1. The molecule has 1 aliphatic heterocycles. The lowest BCUT2D eigenvalue weighted by Crippen LogP contribution is -2.31. The van der Waals surface area contributed by atoms with E-state index in [0.717, 1.165) is 30.9 Å². The normalized spacial score (nSPS) is 14.9. The van der Waals surface area contributed by atoms with Crippen LogP contribution in [0.2, 0.25) is 5.02 Å². The van der Waals surface area contributed by atoms with Gasteiger partial charge in [-0.05, 0) is 80.7 Å². The fourth-order valence-corrected chi connectivity index (χ4v) is 4.08. The lowest BCUT2D eigenvalue weighted by molar-refractivity contribution is 0.0977. The Morgan fingerprint density at radius 2 is 1.89 bits per heavy atom. The Balaban J connectivity index is 1.59. The number of piperidine rings is 1. The molecule has 3 rings (SSSR count). The number of hydrogen-bond donors (Lipinski definition) is 2. The molecule has 0 unspecified atom stereocenters. The molecule has 0 aromatic heterocycles. The average Bonchev–Trinajstić information content (AvgIpc) is 2.84. The summed E-state index contributed by atoms with van der Waals surface area (Å²) in [5, 5.41) is 7.89. The number of carbonyl (C=O) groups excluding carboxylic acids is 1. The molecule has 2 N–H and O–H groups in total. The van der Waals surface area contributed by atoms with Gasteiger partial charge in [-0.15, -0.1) is 0 Å². The highest BCUT2D eigenvalue weighted by atomic mass is 35.5. The molecule has 1 fully saturated rings. The molecule has 0 saturated carbocycles. The highest BCUT2D eigenvalue weighted by Gasteiger charge is 2.12. The van der Waals surface area contributed by atoms with Crippen LogP contribution in [-0.4, -0.2) is 36.3 Å². The summed E-state index contributed by atoms with van der Waals surface area (Å²) < 4.78 is 5.90. The number of nitrogens with zero attached hydrogens (tertiary/aromatic N) is 2. The smallest absolute Gasteiger partial charge is 0.256 e. The molecule has 2 aromatic carbocycles. The van der Waals surface area contributed by atoms with Crippen LogP contribution in [0.5, 0.6) is 5.75 Å². The van der Waals surface area contributed by atoms with Gasteiger partial charge in [0.15, 0.2) is 5.84 Å². The molecular weight excluding hydrogens is 460 g/mol. The van der Waals surface area contributed by atoms with E-state index in [2.05, 4.69) is 34.6 Å². The third kappa shape index (κ3) is 9.04. The predicted molar refractivity (Wildman–Crippen MR) is 144 cm³/mol.